The van der Waals surface area contributed by atoms with Gasteiger partial charge in [0.1, 0.15) is 0 Å². The monoisotopic (exact) mass is 131 g/mol. The van der Waals surface area contributed by atoms with Gasteiger partial charge in [0.25, 0.3) is 0 Å². The van der Waals surface area contributed by atoms with E-state index in [9.17, 15) is 4.79 Å². The van der Waals surface area contributed by atoms with Gasteiger partial charge in [-0.15, -0.1) is 11.8 Å². The molecule has 46 valence electrons. The van der Waals surface area contributed by atoms with Gasteiger partial charge in [-0.3, -0.25) is 4.79 Å². The molecule has 8 heavy (non-hydrogen) atoms. The molecule has 0 unspecified atom stereocenters. The topological polar surface area (TPSA) is 20.3 Å². The minimum atomic E-state index is 0.252. The minimum absolute atomic E-state index is 0.252. The fourth-order valence-electron chi connectivity index (χ4n) is 0.608. The number of carbonyl (C=O) groups is 1. The summed E-state index contributed by atoms with van der Waals surface area (Å²) >= 11 is 1.69. The van der Waals surface area contributed by atoms with E-state index in [1.807, 2.05) is 14.0 Å². The molecule has 0 spiro atoms. The molecule has 0 bridgehead atoms. The van der Waals surface area contributed by atoms with Crippen molar-refractivity contribution >= 4 is 17.7 Å². The highest BCUT2D eigenvalue weighted by Gasteiger charge is 2.23. The van der Waals surface area contributed by atoms with Gasteiger partial charge in [0.05, 0.1) is 11.1 Å². The molecule has 0 radical (unpaired) electrons. The van der Waals surface area contributed by atoms with Crippen molar-refractivity contribution in [2.75, 3.05) is 12.8 Å². The van der Waals surface area contributed by atoms with Crippen LogP contribution in [0.4, 0.5) is 0 Å². The second-order valence-electron chi connectivity index (χ2n) is 1.91. The minimum Gasteiger partial charge on any atom is -0.333 e. The quantitative estimate of drug-likeness (QED) is 0.478. The fraction of sp³-hybridized carbons (Fsp3) is 0.800. The van der Waals surface area contributed by atoms with Crippen molar-refractivity contribution in [2.24, 2.45) is 0 Å². The zero-order valence-electron chi connectivity index (χ0n) is 5.05. The first-order chi connectivity index (χ1) is 3.72. The van der Waals surface area contributed by atoms with Crippen LogP contribution in [-0.4, -0.2) is 29.0 Å². The molecule has 1 saturated heterocycles. The molecule has 1 amide bonds. The molecule has 1 rings (SSSR count). The Morgan fingerprint density at radius 3 is 2.62 bits per heavy atom. The van der Waals surface area contributed by atoms with E-state index in [0.29, 0.717) is 11.1 Å². The van der Waals surface area contributed by atoms with Crippen LogP contribution in [0.2, 0.25) is 0 Å². The van der Waals surface area contributed by atoms with Crippen LogP contribution in [0.3, 0.4) is 0 Å². The third kappa shape index (κ3) is 0.823. The Bertz CT molecular complexity index is 115. The maximum atomic E-state index is 10.7. The summed E-state index contributed by atoms with van der Waals surface area (Å²) in [5.41, 5.74) is 0. The molecule has 1 fully saturated rings. The predicted molar refractivity (Wildman–Crippen MR) is 34.7 cm³/mol. The van der Waals surface area contributed by atoms with E-state index >= 15 is 0 Å². The first-order valence-electron chi connectivity index (χ1n) is 2.59. The Labute approximate surface area is 53.2 Å². The molecule has 1 aliphatic rings. The number of nitrogens with zero attached hydrogens (tertiary/aromatic N) is 1. The van der Waals surface area contributed by atoms with Crippen LogP contribution in [0.5, 0.6) is 0 Å². The first kappa shape index (κ1) is 5.95. The Hall–Kier alpha value is -0.180. The van der Waals surface area contributed by atoms with Crippen LogP contribution in [-0.2, 0) is 4.79 Å². The highest BCUT2D eigenvalue weighted by atomic mass is 32.2. The van der Waals surface area contributed by atoms with Gasteiger partial charge in [-0.05, 0) is 6.92 Å². The van der Waals surface area contributed by atoms with Crippen LogP contribution in [0.25, 0.3) is 0 Å². The van der Waals surface area contributed by atoms with Crippen LogP contribution in [0, 0.1) is 0 Å². The van der Waals surface area contributed by atoms with Crippen molar-refractivity contribution in [3.05, 3.63) is 0 Å². The van der Waals surface area contributed by atoms with E-state index in [2.05, 4.69) is 0 Å². The summed E-state index contributed by atoms with van der Waals surface area (Å²) in [6.45, 7) is 2.04. The van der Waals surface area contributed by atoms with Crippen molar-refractivity contribution in [1.29, 1.82) is 0 Å². The molecule has 0 aromatic carbocycles. The average molecular weight is 131 g/mol. The SMILES string of the molecule is C[C@@H]1SCC(=O)N1C. The predicted octanol–water partition coefficient (Wildman–Crippen LogP) is 0.538. The second-order valence-corrected chi connectivity index (χ2v) is 3.22. The summed E-state index contributed by atoms with van der Waals surface area (Å²) in [7, 11) is 1.84. The summed E-state index contributed by atoms with van der Waals surface area (Å²) < 4.78 is 0. The van der Waals surface area contributed by atoms with Crippen LogP contribution in [0.1, 0.15) is 6.92 Å². The molecule has 3 heteroatoms. The molecular formula is C5H9NOS. The molecule has 0 aromatic rings. The Morgan fingerprint density at radius 1 is 1.88 bits per heavy atom. The lowest BCUT2D eigenvalue weighted by Crippen LogP contribution is -2.25. The standard InChI is InChI=1S/C5H9NOS/c1-4-6(2)5(7)3-8-4/h4H,3H2,1-2H3/t4-/m0/s1. The number of hydrogen-bond acceptors (Lipinski definition) is 2. The summed E-state index contributed by atoms with van der Waals surface area (Å²) in [4.78, 5) is 12.5. The summed E-state index contributed by atoms with van der Waals surface area (Å²) in [6.07, 6.45) is 0. The number of hydrogen-bond donors (Lipinski definition) is 0. The molecule has 1 aliphatic heterocycles. The number of thioether (sulfide) groups is 1. The van der Waals surface area contributed by atoms with E-state index in [1.165, 1.54) is 0 Å². The van der Waals surface area contributed by atoms with E-state index in [-0.39, 0.29) is 5.91 Å². The fourth-order valence-corrected chi connectivity index (χ4v) is 1.54. The maximum Gasteiger partial charge on any atom is 0.233 e. The smallest absolute Gasteiger partial charge is 0.233 e. The zero-order chi connectivity index (χ0) is 6.15. The number of amides is 1. The Balaban J connectivity index is 2.56. The van der Waals surface area contributed by atoms with Crippen LogP contribution >= 0.6 is 11.8 Å². The molecule has 1 heterocycles. The van der Waals surface area contributed by atoms with E-state index in [1.54, 1.807) is 16.7 Å². The van der Waals surface area contributed by atoms with Gasteiger partial charge in [-0.2, -0.15) is 0 Å². The largest absolute Gasteiger partial charge is 0.333 e. The lowest BCUT2D eigenvalue weighted by molar-refractivity contribution is -0.126. The Kier molecular flexibility index (Phi) is 1.47. The van der Waals surface area contributed by atoms with Crippen LogP contribution in [0.15, 0.2) is 0 Å². The summed E-state index contributed by atoms with van der Waals surface area (Å²) in [5, 5.41) is 0.391. The molecule has 0 saturated carbocycles. The van der Waals surface area contributed by atoms with Gasteiger partial charge in [-0.1, -0.05) is 0 Å². The van der Waals surface area contributed by atoms with Gasteiger partial charge in [0.15, 0.2) is 0 Å². The van der Waals surface area contributed by atoms with E-state index < -0.39 is 0 Å². The third-order valence-electron chi connectivity index (χ3n) is 1.39. The van der Waals surface area contributed by atoms with Crippen LogP contribution < -0.4 is 0 Å². The number of carbonyl (C=O) groups excluding carboxylic acids is 1. The van der Waals surface area contributed by atoms with Crippen molar-refractivity contribution in [3.8, 4) is 0 Å². The highest BCUT2D eigenvalue weighted by Crippen LogP contribution is 2.21. The van der Waals surface area contributed by atoms with E-state index in [4.69, 9.17) is 0 Å². The lowest BCUT2D eigenvalue weighted by atomic mass is 10.6. The molecule has 1 atom stereocenters. The van der Waals surface area contributed by atoms with E-state index in [0.717, 1.165) is 0 Å². The normalized spacial score (nSPS) is 29.5. The molecule has 2 nitrogen and oxygen atoms in total. The van der Waals surface area contributed by atoms with Crippen molar-refractivity contribution in [1.82, 2.24) is 4.90 Å². The van der Waals surface area contributed by atoms with Crippen molar-refractivity contribution in [3.63, 3.8) is 0 Å². The average Bonchev–Trinajstić information content (AvgIpc) is 1.98. The molecule has 0 aliphatic carbocycles. The first-order valence-corrected chi connectivity index (χ1v) is 3.64. The summed E-state index contributed by atoms with van der Waals surface area (Å²) in [6, 6.07) is 0. The van der Waals surface area contributed by atoms with Gasteiger partial charge < -0.3 is 4.90 Å². The molecule has 0 aromatic heterocycles. The van der Waals surface area contributed by atoms with Gasteiger partial charge in [0.2, 0.25) is 5.91 Å². The molecule has 0 N–H and O–H groups in total. The maximum absolute atomic E-state index is 10.7. The third-order valence-corrected chi connectivity index (χ3v) is 2.60. The summed E-state index contributed by atoms with van der Waals surface area (Å²) in [5.74, 6) is 0.917. The van der Waals surface area contributed by atoms with Gasteiger partial charge in [0, 0.05) is 7.05 Å². The zero-order valence-corrected chi connectivity index (χ0v) is 5.86. The number of rotatable bonds is 0. The van der Waals surface area contributed by atoms with Crippen molar-refractivity contribution in [2.45, 2.75) is 12.3 Å². The van der Waals surface area contributed by atoms with Gasteiger partial charge >= 0.3 is 0 Å². The lowest BCUT2D eigenvalue weighted by Gasteiger charge is -2.12. The Morgan fingerprint density at radius 2 is 2.50 bits per heavy atom. The van der Waals surface area contributed by atoms with Crippen molar-refractivity contribution < 1.29 is 4.79 Å². The second kappa shape index (κ2) is 1.97. The van der Waals surface area contributed by atoms with Gasteiger partial charge in [-0.25, -0.2) is 0 Å². The molecular weight excluding hydrogens is 122 g/mol. The highest BCUT2D eigenvalue weighted by molar-refractivity contribution is 8.00.